The third-order valence-corrected chi connectivity index (χ3v) is 3.80. The summed E-state index contributed by atoms with van der Waals surface area (Å²) < 4.78 is 5.07. The van der Waals surface area contributed by atoms with Gasteiger partial charge in [-0.25, -0.2) is 4.79 Å². The van der Waals surface area contributed by atoms with Crippen molar-refractivity contribution in [2.45, 2.75) is 0 Å². The molecule has 1 aliphatic rings. The summed E-state index contributed by atoms with van der Waals surface area (Å²) in [6.45, 7) is 1.07. The van der Waals surface area contributed by atoms with E-state index in [1.165, 1.54) is 10.8 Å². The lowest BCUT2D eigenvalue weighted by molar-refractivity contribution is 0.181. The number of ether oxygens (including phenoxy) is 1. The maximum atomic E-state index is 11.9. The molecular formula is C17H13NO2. The first-order valence-electron chi connectivity index (χ1n) is 6.69. The molecule has 1 heterocycles. The highest BCUT2D eigenvalue weighted by Gasteiger charge is 2.25. The van der Waals surface area contributed by atoms with E-state index < -0.39 is 0 Å². The van der Waals surface area contributed by atoms with Crippen LogP contribution in [0.2, 0.25) is 0 Å². The van der Waals surface area contributed by atoms with Gasteiger partial charge in [0.15, 0.2) is 0 Å². The zero-order chi connectivity index (χ0) is 13.5. The molecular weight excluding hydrogens is 250 g/mol. The molecule has 98 valence electrons. The lowest BCUT2D eigenvalue weighted by atomic mass is 10.00. The van der Waals surface area contributed by atoms with Crippen LogP contribution in [-0.2, 0) is 4.74 Å². The number of fused-ring (bicyclic) bond motifs is 3. The molecule has 3 aromatic carbocycles. The molecule has 0 spiro atoms. The molecule has 3 aromatic rings. The maximum absolute atomic E-state index is 11.9. The first-order chi connectivity index (χ1) is 9.84. The molecule has 0 aromatic heterocycles. The molecule has 4 rings (SSSR count). The van der Waals surface area contributed by atoms with Crippen molar-refractivity contribution in [3.8, 4) is 0 Å². The fourth-order valence-electron chi connectivity index (χ4n) is 2.87. The number of hydrogen-bond acceptors (Lipinski definition) is 2. The fraction of sp³-hybridized carbons (Fsp3) is 0.118. The summed E-state index contributed by atoms with van der Waals surface area (Å²) >= 11 is 0. The van der Waals surface area contributed by atoms with Crippen LogP contribution < -0.4 is 4.90 Å². The van der Waals surface area contributed by atoms with Crippen molar-refractivity contribution in [1.82, 2.24) is 0 Å². The van der Waals surface area contributed by atoms with Gasteiger partial charge in [-0.1, -0.05) is 48.5 Å². The van der Waals surface area contributed by atoms with Crippen molar-refractivity contribution in [2.24, 2.45) is 0 Å². The highest BCUT2D eigenvalue weighted by Crippen LogP contribution is 2.35. The van der Waals surface area contributed by atoms with Crippen LogP contribution in [0.15, 0.2) is 54.6 Å². The Bertz CT molecular complexity index is 825. The highest BCUT2D eigenvalue weighted by molar-refractivity contribution is 6.15. The Morgan fingerprint density at radius 1 is 0.900 bits per heavy atom. The average molecular weight is 263 g/mol. The number of amides is 1. The summed E-state index contributed by atoms with van der Waals surface area (Å²) in [5.74, 6) is 0. The minimum Gasteiger partial charge on any atom is -0.447 e. The number of nitrogens with zero attached hydrogens (tertiary/aromatic N) is 1. The zero-order valence-corrected chi connectivity index (χ0v) is 10.9. The van der Waals surface area contributed by atoms with Crippen LogP contribution in [0.5, 0.6) is 0 Å². The van der Waals surface area contributed by atoms with Gasteiger partial charge in [-0.05, 0) is 22.2 Å². The quantitative estimate of drug-likeness (QED) is 0.622. The van der Waals surface area contributed by atoms with E-state index in [0.29, 0.717) is 13.2 Å². The van der Waals surface area contributed by atoms with Crippen LogP contribution in [0, 0.1) is 0 Å². The summed E-state index contributed by atoms with van der Waals surface area (Å²) in [5, 5.41) is 4.60. The zero-order valence-electron chi connectivity index (χ0n) is 10.9. The normalized spacial score (nSPS) is 15.0. The SMILES string of the molecule is O=C1OCCN1c1cc2ccccc2c2ccccc12. The monoisotopic (exact) mass is 263 g/mol. The molecule has 0 unspecified atom stereocenters. The van der Waals surface area contributed by atoms with Gasteiger partial charge in [0.25, 0.3) is 0 Å². The minimum absolute atomic E-state index is 0.259. The number of carbonyl (C=O) groups excluding carboxylic acids is 1. The van der Waals surface area contributed by atoms with E-state index in [0.717, 1.165) is 16.5 Å². The Hall–Kier alpha value is -2.55. The van der Waals surface area contributed by atoms with Crippen molar-refractivity contribution in [3.63, 3.8) is 0 Å². The first kappa shape index (κ1) is 11.3. The molecule has 1 fully saturated rings. The molecule has 3 heteroatoms. The van der Waals surface area contributed by atoms with Gasteiger partial charge in [-0.3, -0.25) is 4.90 Å². The molecule has 1 amide bonds. The van der Waals surface area contributed by atoms with E-state index in [4.69, 9.17) is 4.74 Å². The average Bonchev–Trinajstić information content (AvgIpc) is 2.92. The van der Waals surface area contributed by atoms with Crippen molar-refractivity contribution in [3.05, 3.63) is 54.6 Å². The second-order valence-electron chi connectivity index (χ2n) is 4.93. The van der Waals surface area contributed by atoms with Crippen LogP contribution in [-0.4, -0.2) is 19.2 Å². The lowest BCUT2D eigenvalue weighted by Crippen LogP contribution is -2.23. The Morgan fingerprint density at radius 2 is 1.60 bits per heavy atom. The smallest absolute Gasteiger partial charge is 0.414 e. The van der Waals surface area contributed by atoms with E-state index in [1.54, 1.807) is 4.90 Å². The van der Waals surface area contributed by atoms with Crippen molar-refractivity contribution < 1.29 is 9.53 Å². The fourth-order valence-corrected chi connectivity index (χ4v) is 2.87. The van der Waals surface area contributed by atoms with Crippen LogP contribution >= 0.6 is 0 Å². The van der Waals surface area contributed by atoms with Gasteiger partial charge in [0.1, 0.15) is 6.61 Å². The third kappa shape index (κ3) is 1.56. The molecule has 1 saturated heterocycles. The summed E-state index contributed by atoms with van der Waals surface area (Å²) in [6, 6.07) is 18.5. The third-order valence-electron chi connectivity index (χ3n) is 3.80. The Balaban J connectivity index is 2.10. The maximum Gasteiger partial charge on any atom is 0.414 e. The van der Waals surface area contributed by atoms with Crippen LogP contribution in [0.25, 0.3) is 21.5 Å². The predicted molar refractivity (Wildman–Crippen MR) is 80.1 cm³/mol. The van der Waals surface area contributed by atoms with Gasteiger partial charge in [0, 0.05) is 5.39 Å². The van der Waals surface area contributed by atoms with Gasteiger partial charge < -0.3 is 4.74 Å². The second-order valence-corrected chi connectivity index (χ2v) is 4.93. The second kappa shape index (κ2) is 4.23. The van der Waals surface area contributed by atoms with Crippen LogP contribution in [0.4, 0.5) is 10.5 Å². The summed E-state index contributed by atoms with van der Waals surface area (Å²) in [4.78, 5) is 13.6. The predicted octanol–water partition coefficient (Wildman–Crippen LogP) is 3.95. The van der Waals surface area contributed by atoms with Crippen LogP contribution in [0.1, 0.15) is 0 Å². The molecule has 3 nitrogen and oxygen atoms in total. The topological polar surface area (TPSA) is 29.5 Å². The van der Waals surface area contributed by atoms with E-state index in [1.807, 2.05) is 24.3 Å². The molecule has 1 aliphatic heterocycles. The van der Waals surface area contributed by atoms with Gasteiger partial charge in [0.2, 0.25) is 0 Å². The standard InChI is InChI=1S/C17H13NO2/c19-17-18(9-10-20-17)16-11-12-5-1-2-6-13(12)14-7-3-4-8-15(14)16/h1-8,11H,9-10H2. The van der Waals surface area contributed by atoms with Crippen molar-refractivity contribution >= 4 is 33.3 Å². The summed E-state index contributed by atoms with van der Waals surface area (Å²) in [5.41, 5.74) is 0.932. The highest BCUT2D eigenvalue weighted by atomic mass is 16.6. The number of rotatable bonds is 1. The number of cyclic esters (lactones) is 1. The Kier molecular flexibility index (Phi) is 2.39. The molecule has 0 atom stereocenters. The largest absolute Gasteiger partial charge is 0.447 e. The molecule has 0 bridgehead atoms. The van der Waals surface area contributed by atoms with Gasteiger partial charge in [0.05, 0.1) is 12.2 Å². The Morgan fingerprint density at radius 3 is 2.35 bits per heavy atom. The Labute approximate surface area is 116 Å². The summed E-state index contributed by atoms with van der Waals surface area (Å²) in [6.07, 6.45) is -0.259. The molecule has 0 saturated carbocycles. The number of anilines is 1. The first-order valence-corrected chi connectivity index (χ1v) is 6.69. The molecule has 0 aliphatic carbocycles. The van der Waals surface area contributed by atoms with Gasteiger partial charge >= 0.3 is 6.09 Å². The molecule has 20 heavy (non-hydrogen) atoms. The number of benzene rings is 3. The van der Waals surface area contributed by atoms with E-state index >= 15 is 0 Å². The number of carbonyl (C=O) groups is 1. The molecule has 0 radical (unpaired) electrons. The molecule has 0 N–H and O–H groups in total. The minimum atomic E-state index is -0.259. The van der Waals surface area contributed by atoms with Gasteiger partial charge in [-0.2, -0.15) is 0 Å². The van der Waals surface area contributed by atoms with E-state index in [2.05, 4.69) is 30.3 Å². The van der Waals surface area contributed by atoms with Crippen molar-refractivity contribution in [2.75, 3.05) is 18.1 Å². The number of hydrogen-bond donors (Lipinski definition) is 0. The lowest BCUT2D eigenvalue weighted by Gasteiger charge is -2.17. The van der Waals surface area contributed by atoms with Crippen molar-refractivity contribution in [1.29, 1.82) is 0 Å². The van der Waals surface area contributed by atoms with Crippen LogP contribution in [0.3, 0.4) is 0 Å². The van der Waals surface area contributed by atoms with E-state index in [-0.39, 0.29) is 6.09 Å². The summed E-state index contributed by atoms with van der Waals surface area (Å²) in [7, 11) is 0. The van der Waals surface area contributed by atoms with Gasteiger partial charge in [-0.15, -0.1) is 0 Å². The van der Waals surface area contributed by atoms with E-state index in [9.17, 15) is 4.79 Å².